The molecule has 24 heavy (non-hydrogen) atoms. The largest absolute Gasteiger partial charge is 0.485 e. The van der Waals surface area contributed by atoms with Crippen LogP contribution >= 0.6 is 11.6 Å². The molecule has 2 aromatic rings. The fourth-order valence-electron chi connectivity index (χ4n) is 3.13. The van der Waals surface area contributed by atoms with E-state index in [2.05, 4.69) is 11.4 Å². The highest BCUT2D eigenvalue weighted by Gasteiger charge is 2.28. The number of nitrogens with one attached hydrogen (secondary N) is 1. The van der Waals surface area contributed by atoms with Gasteiger partial charge in [0.1, 0.15) is 12.4 Å². The predicted octanol–water partition coefficient (Wildman–Crippen LogP) is 4.37. The van der Waals surface area contributed by atoms with Crippen LogP contribution in [0.1, 0.15) is 23.7 Å². The molecule has 5 heteroatoms. The van der Waals surface area contributed by atoms with Crippen molar-refractivity contribution in [3.05, 3.63) is 64.4 Å². The van der Waals surface area contributed by atoms with Gasteiger partial charge in [0.25, 0.3) is 0 Å². The van der Waals surface area contributed by atoms with Crippen molar-refractivity contribution in [2.45, 2.75) is 12.5 Å². The van der Waals surface area contributed by atoms with Gasteiger partial charge >= 0.3 is 0 Å². The molecular formula is C19H17ClFNO2. The van der Waals surface area contributed by atoms with E-state index in [1.807, 2.05) is 18.2 Å². The highest BCUT2D eigenvalue weighted by molar-refractivity contribution is 6.30. The van der Waals surface area contributed by atoms with E-state index in [-0.39, 0.29) is 12.4 Å². The lowest BCUT2D eigenvalue weighted by atomic mass is 9.98. The number of rotatable bonds is 2. The van der Waals surface area contributed by atoms with Crippen LogP contribution in [0.5, 0.6) is 11.5 Å². The molecule has 0 aromatic heterocycles. The van der Waals surface area contributed by atoms with E-state index in [1.165, 1.54) is 11.6 Å². The van der Waals surface area contributed by atoms with Crippen molar-refractivity contribution in [1.82, 2.24) is 5.32 Å². The Balaban J connectivity index is 1.70. The Morgan fingerprint density at radius 1 is 1.21 bits per heavy atom. The predicted molar refractivity (Wildman–Crippen MR) is 92.2 cm³/mol. The summed E-state index contributed by atoms with van der Waals surface area (Å²) < 4.78 is 26.2. The molecule has 2 aromatic carbocycles. The summed E-state index contributed by atoms with van der Waals surface area (Å²) in [5.74, 6) is 1.02. The molecule has 124 valence electrons. The number of fused-ring (bicyclic) bond motifs is 1. The van der Waals surface area contributed by atoms with Gasteiger partial charge in [-0.15, -0.1) is 0 Å². The van der Waals surface area contributed by atoms with E-state index in [0.717, 1.165) is 25.1 Å². The maximum atomic E-state index is 14.2. The Morgan fingerprint density at radius 3 is 2.92 bits per heavy atom. The summed E-state index contributed by atoms with van der Waals surface area (Å²) in [5.41, 5.74) is 2.71. The molecule has 0 saturated carbocycles. The highest BCUT2D eigenvalue weighted by atomic mass is 35.5. The molecule has 0 aliphatic carbocycles. The van der Waals surface area contributed by atoms with E-state index in [1.54, 1.807) is 12.1 Å². The lowest BCUT2D eigenvalue weighted by Crippen LogP contribution is -2.24. The summed E-state index contributed by atoms with van der Waals surface area (Å²) in [6.45, 7) is 2.05. The van der Waals surface area contributed by atoms with Crippen molar-refractivity contribution < 1.29 is 13.9 Å². The zero-order valence-corrected chi connectivity index (χ0v) is 13.8. The SMILES string of the molecule is Fc1cc(Cl)ccc1[C@H]1COc2cccc(C3=CCNCC3)c2O1. The van der Waals surface area contributed by atoms with Gasteiger partial charge in [0.05, 0.1) is 0 Å². The van der Waals surface area contributed by atoms with Crippen LogP contribution in [-0.4, -0.2) is 19.7 Å². The Kier molecular flexibility index (Phi) is 4.17. The van der Waals surface area contributed by atoms with Gasteiger partial charge in [0.15, 0.2) is 17.6 Å². The molecule has 0 radical (unpaired) electrons. The molecule has 2 aliphatic heterocycles. The molecule has 3 nitrogen and oxygen atoms in total. The van der Waals surface area contributed by atoms with Gasteiger partial charge in [0.2, 0.25) is 0 Å². The van der Waals surface area contributed by atoms with Crippen LogP contribution in [0.4, 0.5) is 4.39 Å². The van der Waals surface area contributed by atoms with Crippen LogP contribution in [0.25, 0.3) is 5.57 Å². The lowest BCUT2D eigenvalue weighted by molar-refractivity contribution is 0.0882. The van der Waals surface area contributed by atoms with Gasteiger partial charge in [0, 0.05) is 22.7 Å². The van der Waals surface area contributed by atoms with Crippen LogP contribution in [-0.2, 0) is 0 Å². The van der Waals surface area contributed by atoms with E-state index in [4.69, 9.17) is 21.1 Å². The molecule has 0 fully saturated rings. The average molecular weight is 346 g/mol. The van der Waals surface area contributed by atoms with Crippen LogP contribution in [0.15, 0.2) is 42.5 Å². The maximum absolute atomic E-state index is 14.2. The number of hydrogen-bond donors (Lipinski definition) is 1. The van der Waals surface area contributed by atoms with Gasteiger partial charge in [-0.3, -0.25) is 0 Å². The molecule has 0 unspecified atom stereocenters. The van der Waals surface area contributed by atoms with Crippen LogP contribution in [0, 0.1) is 5.82 Å². The third kappa shape index (κ3) is 2.87. The summed E-state index contributed by atoms with van der Waals surface area (Å²) >= 11 is 5.84. The van der Waals surface area contributed by atoms with Crippen molar-refractivity contribution in [2.75, 3.05) is 19.7 Å². The third-order valence-corrected chi connectivity index (χ3v) is 4.58. The first-order valence-corrected chi connectivity index (χ1v) is 8.38. The van der Waals surface area contributed by atoms with Crippen molar-refractivity contribution in [3.8, 4) is 11.5 Å². The summed E-state index contributed by atoms with van der Waals surface area (Å²) in [6.07, 6.45) is 2.60. The average Bonchev–Trinajstić information content (AvgIpc) is 2.61. The fraction of sp³-hybridized carbons (Fsp3) is 0.263. The molecule has 4 rings (SSSR count). The Bertz CT molecular complexity index is 806. The quantitative estimate of drug-likeness (QED) is 0.876. The normalized spacial score (nSPS) is 19.8. The van der Waals surface area contributed by atoms with Crippen molar-refractivity contribution in [3.63, 3.8) is 0 Å². The first kappa shape index (κ1) is 15.5. The summed E-state index contributed by atoms with van der Waals surface area (Å²) in [5, 5.41) is 3.67. The minimum Gasteiger partial charge on any atom is -0.485 e. The van der Waals surface area contributed by atoms with Crippen molar-refractivity contribution in [2.24, 2.45) is 0 Å². The van der Waals surface area contributed by atoms with Crippen molar-refractivity contribution in [1.29, 1.82) is 0 Å². The second-order valence-corrected chi connectivity index (χ2v) is 6.34. The Labute approximate surface area is 145 Å². The second-order valence-electron chi connectivity index (χ2n) is 5.90. The van der Waals surface area contributed by atoms with Gasteiger partial charge in [-0.1, -0.05) is 35.9 Å². The van der Waals surface area contributed by atoms with E-state index >= 15 is 0 Å². The van der Waals surface area contributed by atoms with Crippen LogP contribution in [0.3, 0.4) is 0 Å². The van der Waals surface area contributed by atoms with Crippen LogP contribution < -0.4 is 14.8 Å². The number of hydrogen-bond acceptors (Lipinski definition) is 3. The first-order valence-electron chi connectivity index (χ1n) is 8.00. The van der Waals surface area contributed by atoms with E-state index < -0.39 is 6.10 Å². The molecule has 2 heterocycles. The van der Waals surface area contributed by atoms with Gasteiger partial charge in [-0.05, 0) is 36.7 Å². The molecule has 0 amide bonds. The molecular weight excluding hydrogens is 329 g/mol. The second kappa shape index (κ2) is 6.46. The number of benzene rings is 2. The molecule has 0 saturated heterocycles. The summed E-state index contributed by atoms with van der Waals surface area (Å²) in [7, 11) is 0. The Morgan fingerprint density at radius 2 is 2.12 bits per heavy atom. The zero-order valence-electron chi connectivity index (χ0n) is 13.0. The number of halogens is 2. The van der Waals surface area contributed by atoms with Gasteiger partial charge < -0.3 is 14.8 Å². The Hall–Kier alpha value is -2.04. The fourth-order valence-corrected chi connectivity index (χ4v) is 3.29. The molecule has 2 aliphatic rings. The topological polar surface area (TPSA) is 30.5 Å². The standard InChI is InChI=1S/C19H17ClFNO2/c20-13-4-5-15(16(21)10-13)18-11-23-17-3-1-2-14(19(17)24-18)12-6-8-22-9-7-12/h1-6,10,18,22H,7-9,11H2/t18-/m1/s1. The molecule has 1 atom stereocenters. The van der Waals surface area contributed by atoms with Crippen LogP contribution in [0.2, 0.25) is 5.02 Å². The summed E-state index contributed by atoms with van der Waals surface area (Å²) in [6, 6.07) is 10.5. The zero-order chi connectivity index (χ0) is 16.5. The number of para-hydroxylation sites is 1. The minimum absolute atomic E-state index is 0.273. The first-order chi connectivity index (χ1) is 11.7. The number of ether oxygens (including phenoxy) is 2. The van der Waals surface area contributed by atoms with E-state index in [9.17, 15) is 4.39 Å². The smallest absolute Gasteiger partial charge is 0.169 e. The van der Waals surface area contributed by atoms with Gasteiger partial charge in [-0.2, -0.15) is 0 Å². The monoisotopic (exact) mass is 345 g/mol. The lowest BCUT2D eigenvalue weighted by Gasteiger charge is -2.29. The van der Waals surface area contributed by atoms with Crippen molar-refractivity contribution >= 4 is 17.2 Å². The third-order valence-electron chi connectivity index (χ3n) is 4.35. The van der Waals surface area contributed by atoms with Gasteiger partial charge in [-0.25, -0.2) is 4.39 Å². The highest BCUT2D eigenvalue weighted by Crippen LogP contribution is 2.43. The maximum Gasteiger partial charge on any atom is 0.169 e. The summed E-state index contributed by atoms with van der Waals surface area (Å²) in [4.78, 5) is 0. The minimum atomic E-state index is -0.488. The molecule has 0 spiro atoms. The molecule has 1 N–H and O–H groups in total. The molecule has 0 bridgehead atoms. The van der Waals surface area contributed by atoms with E-state index in [0.29, 0.717) is 22.1 Å².